The van der Waals surface area contributed by atoms with Crippen molar-refractivity contribution in [3.8, 4) is 0 Å². The molecule has 0 amide bonds. The Hall–Kier alpha value is -2.35. The average molecular weight is 393 g/mol. The van der Waals surface area contributed by atoms with Crippen molar-refractivity contribution in [2.24, 2.45) is 4.99 Å². The minimum absolute atomic E-state index is 0.0899. The molecule has 27 heavy (non-hydrogen) atoms. The van der Waals surface area contributed by atoms with E-state index in [0.29, 0.717) is 30.4 Å². The molecule has 148 valence electrons. The molecule has 0 unspecified atom stereocenters. The molecule has 0 bridgehead atoms. The highest BCUT2D eigenvalue weighted by molar-refractivity contribution is 7.91. The molecule has 0 aliphatic rings. The predicted octanol–water partition coefficient (Wildman–Crippen LogP) is 2.33. The van der Waals surface area contributed by atoms with Crippen LogP contribution in [0.25, 0.3) is 0 Å². The molecule has 0 saturated heterocycles. The van der Waals surface area contributed by atoms with Gasteiger partial charge in [-0.2, -0.15) is 0 Å². The van der Waals surface area contributed by atoms with E-state index in [2.05, 4.69) is 20.8 Å². The SMILES string of the molecule is CCc1noc(CC)c1CNC(=NC)NCCCS(=O)(=O)c1ccccc1. The maximum absolute atomic E-state index is 12.3. The van der Waals surface area contributed by atoms with Crippen LogP contribution >= 0.6 is 0 Å². The van der Waals surface area contributed by atoms with E-state index in [0.717, 1.165) is 29.9 Å². The van der Waals surface area contributed by atoms with E-state index < -0.39 is 9.84 Å². The van der Waals surface area contributed by atoms with Crippen molar-refractivity contribution in [3.63, 3.8) is 0 Å². The zero-order chi connectivity index (χ0) is 19.7. The number of aryl methyl sites for hydroxylation is 2. The Morgan fingerprint density at radius 2 is 1.89 bits per heavy atom. The van der Waals surface area contributed by atoms with Gasteiger partial charge in [-0.15, -0.1) is 0 Å². The van der Waals surface area contributed by atoms with Gasteiger partial charge < -0.3 is 15.2 Å². The second-order valence-electron chi connectivity index (χ2n) is 6.08. The number of sulfone groups is 1. The fraction of sp³-hybridized carbons (Fsp3) is 0.474. The molecule has 0 radical (unpaired) electrons. The highest BCUT2D eigenvalue weighted by atomic mass is 32.2. The van der Waals surface area contributed by atoms with E-state index in [1.165, 1.54) is 0 Å². The number of rotatable bonds is 9. The molecule has 1 heterocycles. The summed E-state index contributed by atoms with van der Waals surface area (Å²) in [5.41, 5.74) is 2.01. The molecular weight excluding hydrogens is 364 g/mol. The molecule has 7 nitrogen and oxygen atoms in total. The van der Waals surface area contributed by atoms with Crippen LogP contribution in [0.2, 0.25) is 0 Å². The summed E-state index contributed by atoms with van der Waals surface area (Å²) in [4.78, 5) is 4.54. The smallest absolute Gasteiger partial charge is 0.191 e. The van der Waals surface area contributed by atoms with Crippen LogP contribution in [0.3, 0.4) is 0 Å². The third-order valence-electron chi connectivity index (χ3n) is 4.25. The van der Waals surface area contributed by atoms with Gasteiger partial charge in [0.25, 0.3) is 0 Å². The molecule has 8 heteroatoms. The summed E-state index contributed by atoms with van der Waals surface area (Å²) in [7, 11) is -1.57. The minimum Gasteiger partial charge on any atom is -0.361 e. The number of hydrogen-bond donors (Lipinski definition) is 2. The summed E-state index contributed by atoms with van der Waals surface area (Å²) in [5.74, 6) is 1.59. The molecule has 0 fully saturated rings. The number of nitrogens with one attached hydrogen (secondary N) is 2. The highest BCUT2D eigenvalue weighted by Crippen LogP contribution is 2.15. The van der Waals surface area contributed by atoms with Crippen molar-refractivity contribution >= 4 is 15.8 Å². The van der Waals surface area contributed by atoms with Gasteiger partial charge >= 0.3 is 0 Å². The van der Waals surface area contributed by atoms with Gasteiger partial charge in [0.15, 0.2) is 15.8 Å². The molecule has 2 aromatic rings. The summed E-state index contributed by atoms with van der Waals surface area (Å²) < 4.78 is 29.9. The first-order valence-corrected chi connectivity index (χ1v) is 10.9. The van der Waals surface area contributed by atoms with Crippen LogP contribution in [0, 0.1) is 0 Å². The first-order valence-electron chi connectivity index (χ1n) is 9.20. The summed E-state index contributed by atoms with van der Waals surface area (Å²) in [6, 6.07) is 8.52. The number of aliphatic imine (C=N–C) groups is 1. The maximum Gasteiger partial charge on any atom is 0.191 e. The van der Waals surface area contributed by atoms with Crippen molar-refractivity contribution in [1.29, 1.82) is 0 Å². The monoisotopic (exact) mass is 392 g/mol. The van der Waals surface area contributed by atoms with Crippen molar-refractivity contribution in [1.82, 2.24) is 15.8 Å². The van der Waals surface area contributed by atoms with E-state index >= 15 is 0 Å². The fourth-order valence-corrected chi connectivity index (χ4v) is 4.08. The quantitative estimate of drug-likeness (QED) is 0.386. The van der Waals surface area contributed by atoms with E-state index in [4.69, 9.17) is 4.52 Å². The zero-order valence-corrected chi connectivity index (χ0v) is 17.0. The topological polar surface area (TPSA) is 96.6 Å². The third-order valence-corrected chi connectivity index (χ3v) is 6.06. The summed E-state index contributed by atoms with van der Waals surface area (Å²) >= 11 is 0. The molecule has 1 aromatic heterocycles. The minimum atomic E-state index is -3.25. The first-order chi connectivity index (χ1) is 13.0. The second-order valence-corrected chi connectivity index (χ2v) is 8.19. The largest absolute Gasteiger partial charge is 0.361 e. The molecule has 0 atom stereocenters. The van der Waals surface area contributed by atoms with E-state index in [1.54, 1.807) is 37.4 Å². The lowest BCUT2D eigenvalue weighted by Crippen LogP contribution is -2.38. The van der Waals surface area contributed by atoms with Gasteiger partial charge in [0.1, 0.15) is 5.76 Å². The van der Waals surface area contributed by atoms with Crippen LogP contribution in [0.15, 0.2) is 44.7 Å². The highest BCUT2D eigenvalue weighted by Gasteiger charge is 2.15. The van der Waals surface area contributed by atoms with Gasteiger partial charge in [-0.25, -0.2) is 8.42 Å². The predicted molar refractivity (Wildman–Crippen MR) is 107 cm³/mol. The Balaban J connectivity index is 1.82. The van der Waals surface area contributed by atoms with Crippen LogP contribution in [0.4, 0.5) is 0 Å². The molecule has 0 aliphatic heterocycles. The lowest BCUT2D eigenvalue weighted by Gasteiger charge is -2.12. The maximum atomic E-state index is 12.3. The molecular formula is C19H28N4O3S. The van der Waals surface area contributed by atoms with Crippen LogP contribution < -0.4 is 10.6 Å². The van der Waals surface area contributed by atoms with Crippen molar-refractivity contribution in [2.75, 3.05) is 19.3 Å². The Morgan fingerprint density at radius 3 is 2.52 bits per heavy atom. The molecule has 0 spiro atoms. The van der Waals surface area contributed by atoms with E-state index in [1.807, 2.05) is 13.8 Å². The van der Waals surface area contributed by atoms with Gasteiger partial charge in [0, 0.05) is 32.1 Å². The molecule has 1 aromatic carbocycles. The molecule has 0 aliphatic carbocycles. The summed E-state index contributed by atoms with van der Waals surface area (Å²) in [5, 5.41) is 10.5. The Labute approximate surface area is 161 Å². The van der Waals surface area contributed by atoms with E-state index in [9.17, 15) is 8.42 Å². The van der Waals surface area contributed by atoms with E-state index in [-0.39, 0.29) is 5.75 Å². The second kappa shape index (κ2) is 10.1. The lowest BCUT2D eigenvalue weighted by atomic mass is 10.1. The standard InChI is InChI=1S/C19H28N4O3S/c1-4-17-16(18(5-2)26-23-17)14-22-19(20-3)21-12-9-13-27(24,25)15-10-7-6-8-11-15/h6-8,10-11H,4-5,9,12-14H2,1-3H3,(H2,20,21,22). The van der Waals surface area contributed by atoms with Gasteiger partial charge in [0.2, 0.25) is 0 Å². The number of guanidine groups is 1. The van der Waals surface area contributed by atoms with Gasteiger partial charge in [0.05, 0.1) is 16.3 Å². The number of aromatic nitrogens is 1. The van der Waals surface area contributed by atoms with Crippen molar-refractivity contribution < 1.29 is 12.9 Å². The number of hydrogen-bond acceptors (Lipinski definition) is 5. The Kier molecular flexibility index (Phi) is 7.84. The Morgan fingerprint density at radius 1 is 1.15 bits per heavy atom. The van der Waals surface area contributed by atoms with Gasteiger partial charge in [-0.1, -0.05) is 37.2 Å². The van der Waals surface area contributed by atoms with Crippen LogP contribution in [-0.2, 0) is 29.2 Å². The molecule has 2 rings (SSSR count). The van der Waals surface area contributed by atoms with Crippen LogP contribution in [-0.4, -0.2) is 38.9 Å². The zero-order valence-electron chi connectivity index (χ0n) is 16.2. The van der Waals surface area contributed by atoms with Crippen molar-refractivity contribution in [2.45, 2.75) is 44.6 Å². The van der Waals surface area contributed by atoms with Gasteiger partial charge in [-0.3, -0.25) is 4.99 Å². The number of nitrogens with zero attached hydrogens (tertiary/aromatic N) is 2. The molecule has 0 saturated carbocycles. The average Bonchev–Trinajstić information content (AvgIpc) is 3.10. The summed E-state index contributed by atoms with van der Waals surface area (Å²) in [6.07, 6.45) is 2.09. The summed E-state index contributed by atoms with van der Waals surface area (Å²) in [6.45, 7) is 5.15. The Bertz CT molecular complexity index is 824. The third kappa shape index (κ3) is 5.82. The van der Waals surface area contributed by atoms with Crippen molar-refractivity contribution in [3.05, 3.63) is 47.3 Å². The number of benzene rings is 1. The van der Waals surface area contributed by atoms with Crippen LogP contribution in [0.1, 0.15) is 37.3 Å². The van der Waals surface area contributed by atoms with Gasteiger partial charge in [-0.05, 0) is 25.0 Å². The lowest BCUT2D eigenvalue weighted by molar-refractivity contribution is 0.380. The fourth-order valence-electron chi connectivity index (χ4n) is 2.75. The normalized spacial score (nSPS) is 12.2. The molecule has 2 N–H and O–H groups in total. The first kappa shape index (κ1) is 21.0. The van der Waals surface area contributed by atoms with Crippen LogP contribution in [0.5, 0.6) is 0 Å².